The predicted molar refractivity (Wildman–Crippen MR) is 113 cm³/mol. The Morgan fingerprint density at radius 1 is 1.16 bits per heavy atom. The summed E-state index contributed by atoms with van der Waals surface area (Å²) in [4.78, 5) is 17.9. The number of aryl methyl sites for hydroxylation is 3. The predicted octanol–water partition coefficient (Wildman–Crippen LogP) is 3.07. The van der Waals surface area contributed by atoms with Gasteiger partial charge in [-0.15, -0.1) is 5.10 Å². The fraction of sp³-hybridized carbons (Fsp3) is 0.143. The molecule has 10 heteroatoms. The van der Waals surface area contributed by atoms with Crippen molar-refractivity contribution >= 4 is 22.6 Å². The fourth-order valence-electron chi connectivity index (χ4n) is 3.63. The summed E-state index contributed by atoms with van der Waals surface area (Å²) in [6.45, 7) is 3.79. The zero-order chi connectivity index (χ0) is 21.5. The van der Waals surface area contributed by atoms with Crippen molar-refractivity contribution in [2.75, 3.05) is 5.32 Å². The van der Waals surface area contributed by atoms with E-state index in [1.54, 1.807) is 40.9 Å². The van der Waals surface area contributed by atoms with Gasteiger partial charge in [0.05, 0.1) is 28.6 Å². The maximum absolute atomic E-state index is 13.3. The number of furan rings is 1. The standard InChI is InChI=1S/C21H18N8O2/c1-12-9-14(6-7-17(12)29-11-22-26-27-29)23-21(30)15-10-16(18-5-4-8-31-18)24-20-19(15)13(2)25-28(20)3/h4-11H,1-3H3,(H,23,30). The molecule has 0 bridgehead atoms. The van der Waals surface area contributed by atoms with Crippen molar-refractivity contribution in [1.29, 1.82) is 0 Å². The zero-order valence-corrected chi connectivity index (χ0v) is 17.1. The van der Waals surface area contributed by atoms with E-state index in [0.29, 0.717) is 33.7 Å². The lowest BCUT2D eigenvalue weighted by Crippen LogP contribution is -2.13. The van der Waals surface area contributed by atoms with Crippen molar-refractivity contribution in [1.82, 2.24) is 35.0 Å². The van der Waals surface area contributed by atoms with E-state index in [1.165, 1.54) is 6.33 Å². The van der Waals surface area contributed by atoms with Gasteiger partial charge in [-0.2, -0.15) is 5.10 Å². The van der Waals surface area contributed by atoms with E-state index in [1.807, 2.05) is 32.0 Å². The molecule has 0 saturated carbocycles. The number of tetrazole rings is 1. The molecule has 4 heterocycles. The smallest absolute Gasteiger partial charge is 0.256 e. The highest BCUT2D eigenvalue weighted by atomic mass is 16.3. The first-order chi connectivity index (χ1) is 15.0. The summed E-state index contributed by atoms with van der Waals surface area (Å²) in [5.41, 5.74) is 4.79. The van der Waals surface area contributed by atoms with Crippen LogP contribution in [-0.4, -0.2) is 40.9 Å². The molecule has 31 heavy (non-hydrogen) atoms. The van der Waals surface area contributed by atoms with Crippen LogP contribution >= 0.6 is 0 Å². The van der Waals surface area contributed by atoms with Crippen LogP contribution in [0.4, 0.5) is 5.69 Å². The van der Waals surface area contributed by atoms with Crippen LogP contribution in [0.3, 0.4) is 0 Å². The van der Waals surface area contributed by atoms with Crippen molar-refractivity contribution in [3.63, 3.8) is 0 Å². The number of pyridine rings is 1. The number of benzene rings is 1. The van der Waals surface area contributed by atoms with Crippen LogP contribution in [0.2, 0.25) is 0 Å². The Kier molecular flexibility index (Phi) is 4.32. The highest BCUT2D eigenvalue weighted by molar-refractivity contribution is 6.13. The molecule has 0 aliphatic rings. The minimum absolute atomic E-state index is 0.258. The molecule has 1 amide bonds. The number of rotatable bonds is 4. The van der Waals surface area contributed by atoms with Gasteiger partial charge in [-0.1, -0.05) is 0 Å². The van der Waals surface area contributed by atoms with Gasteiger partial charge in [0, 0.05) is 12.7 Å². The van der Waals surface area contributed by atoms with E-state index in [0.717, 1.165) is 16.9 Å². The molecule has 1 aromatic carbocycles. The van der Waals surface area contributed by atoms with Gasteiger partial charge in [-0.05, 0) is 66.2 Å². The maximum Gasteiger partial charge on any atom is 0.256 e. The first-order valence-corrected chi connectivity index (χ1v) is 9.55. The van der Waals surface area contributed by atoms with E-state index in [9.17, 15) is 4.79 Å². The largest absolute Gasteiger partial charge is 0.463 e. The summed E-state index contributed by atoms with van der Waals surface area (Å²) in [6, 6.07) is 10.9. The number of hydrogen-bond acceptors (Lipinski definition) is 7. The fourth-order valence-corrected chi connectivity index (χ4v) is 3.63. The monoisotopic (exact) mass is 414 g/mol. The molecule has 0 aliphatic carbocycles. The number of carbonyl (C=O) groups excluding carboxylic acids is 1. The Bertz CT molecular complexity index is 1400. The Hall–Kier alpha value is -4.34. The van der Waals surface area contributed by atoms with Crippen LogP contribution < -0.4 is 5.32 Å². The van der Waals surface area contributed by atoms with Gasteiger partial charge < -0.3 is 9.73 Å². The third-order valence-electron chi connectivity index (χ3n) is 5.04. The number of nitrogens with one attached hydrogen (secondary N) is 1. The molecule has 0 saturated heterocycles. The average molecular weight is 414 g/mol. The minimum atomic E-state index is -0.258. The summed E-state index contributed by atoms with van der Waals surface area (Å²) >= 11 is 0. The third kappa shape index (κ3) is 3.23. The summed E-state index contributed by atoms with van der Waals surface area (Å²) in [5.74, 6) is 0.322. The number of carbonyl (C=O) groups is 1. The number of anilines is 1. The van der Waals surface area contributed by atoms with Crippen LogP contribution in [0.15, 0.2) is 53.4 Å². The Labute approximate surface area is 176 Å². The van der Waals surface area contributed by atoms with Crippen molar-refractivity contribution in [3.05, 3.63) is 65.8 Å². The number of nitrogens with zero attached hydrogens (tertiary/aromatic N) is 7. The van der Waals surface area contributed by atoms with Gasteiger partial charge in [0.15, 0.2) is 11.4 Å². The number of amides is 1. The van der Waals surface area contributed by atoms with Crippen molar-refractivity contribution < 1.29 is 9.21 Å². The zero-order valence-electron chi connectivity index (χ0n) is 17.1. The molecule has 0 unspecified atom stereocenters. The van der Waals surface area contributed by atoms with E-state index >= 15 is 0 Å². The van der Waals surface area contributed by atoms with Crippen molar-refractivity contribution in [2.45, 2.75) is 13.8 Å². The summed E-state index contributed by atoms with van der Waals surface area (Å²) in [5, 5.41) is 19.4. The number of fused-ring (bicyclic) bond motifs is 1. The Morgan fingerprint density at radius 2 is 2.03 bits per heavy atom. The van der Waals surface area contributed by atoms with Gasteiger partial charge in [-0.3, -0.25) is 9.48 Å². The molecule has 0 aliphatic heterocycles. The molecule has 5 aromatic rings. The van der Waals surface area contributed by atoms with Gasteiger partial charge in [0.2, 0.25) is 0 Å². The first-order valence-electron chi connectivity index (χ1n) is 9.55. The average Bonchev–Trinajstić information content (AvgIpc) is 3.50. The number of hydrogen-bond donors (Lipinski definition) is 1. The van der Waals surface area contributed by atoms with Gasteiger partial charge in [-0.25, -0.2) is 9.67 Å². The highest BCUT2D eigenvalue weighted by Crippen LogP contribution is 2.28. The van der Waals surface area contributed by atoms with Crippen LogP contribution in [0.25, 0.3) is 28.2 Å². The van der Waals surface area contributed by atoms with Crippen molar-refractivity contribution in [2.24, 2.45) is 7.05 Å². The lowest BCUT2D eigenvalue weighted by atomic mass is 10.1. The molecule has 0 radical (unpaired) electrons. The Balaban J connectivity index is 1.55. The SMILES string of the molecule is Cc1cc(NC(=O)c2cc(-c3ccco3)nc3c2c(C)nn3C)ccc1-n1cnnn1. The molecule has 0 spiro atoms. The topological polar surface area (TPSA) is 117 Å². The van der Waals surface area contributed by atoms with Crippen LogP contribution in [-0.2, 0) is 7.05 Å². The lowest BCUT2D eigenvalue weighted by Gasteiger charge is -2.11. The minimum Gasteiger partial charge on any atom is -0.463 e. The molecular formula is C21H18N8O2. The molecule has 154 valence electrons. The second-order valence-electron chi connectivity index (χ2n) is 7.15. The highest BCUT2D eigenvalue weighted by Gasteiger charge is 2.20. The maximum atomic E-state index is 13.3. The van der Waals surface area contributed by atoms with Gasteiger partial charge >= 0.3 is 0 Å². The second kappa shape index (κ2) is 7.17. The molecule has 4 aromatic heterocycles. The van der Waals surface area contributed by atoms with Gasteiger partial charge in [0.1, 0.15) is 12.0 Å². The third-order valence-corrected chi connectivity index (χ3v) is 5.04. The summed E-state index contributed by atoms with van der Waals surface area (Å²) < 4.78 is 8.73. The first kappa shape index (κ1) is 18.7. The molecule has 1 N–H and O–H groups in total. The molecular weight excluding hydrogens is 396 g/mol. The number of aromatic nitrogens is 7. The van der Waals surface area contributed by atoms with E-state index in [-0.39, 0.29) is 5.91 Å². The van der Waals surface area contributed by atoms with E-state index in [4.69, 9.17) is 4.42 Å². The molecule has 0 atom stereocenters. The Morgan fingerprint density at radius 3 is 2.74 bits per heavy atom. The van der Waals surface area contributed by atoms with E-state index < -0.39 is 0 Å². The second-order valence-corrected chi connectivity index (χ2v) is 7.15. The normalized spacial score (nSPS) is 11.2. The molecule has 0 fully saturated rings. The summed E-state index contributed by atoms with van der Waals surface area (Å²) in [7, 11) is 1.80. The summed E-state index contributed by atoms with van der Waals surface area (Å²) in [6.07, 6.45) is 3.10. The van der Waals surface area contributed by atoms with Crippen LogP contribution in [0.5, 0.6) is 0 Å². The molecule has 10 nitrogen and oxygen atoms in total. The van der Waals surface area contributed by atoms with Crippen molar-refractivity contribution in [3.8, 4) is 17.1 Å². The van der Waals surface area contributed by atoms with E-state index in [2.05, 4.69) is 30.9 Å². The quantitative estimate of drug-likeness (QED) is 0.480. The van der Waals surface area contributed by atoms with Crippen LogP contribution in [0.1, 0.15) is 21.6 Å². The lowest BCUT2D eigenvalue weighted by molar-refractivity contribution is 0.102. The van der Waals surface area contributed by atoms with Gasteiger partial charge in [0.25, 0.3) is 5.91 Å². The molecule has 5 rings (SSSR count). The van der Waals surface area contributed by atoms with Crippen LogP contribution in [0, 0.1) is 13.8 Å².